The summed E-state index contributed by atoms with van der Waals surface area (Å²) < 4.78 is 10.8. The molecule has 0 saturated heterocycles. The lowest BCUT2D eigenvalue weighted by Gasteiger charge is -2.33. The summed E-state index contributed by atoms with van der Waals surface area (Å²) >= 11 is 9.93. The third-order valence-electron chi connectivity index (χ3n) is 4.35. The zero-order valence-corrected chi connectivity index (χ0v) is 19.8. The molecule has 0 fully saturated rings. The Kier molecular flexibility index (Phi) is 9.73. The van der Waals surface area contributed by atoms with E-state index in [0.717, 1.165) is 16.5 Å². The van der Waals surface area contributed by atoms with Gasteiger partial charge in [0.05, 0.1) is 6.61 Å². The van der Waals surface area contributed by atoms with Gasteiger partial charge < -0.3 is 9.47 Å². The van der Waals surface area contributed by atoms with Crippen molar-refractivity contribution in [3.63, 3.8) is 0 Å². The molecular formula is C23H29ClO3S2. The topological polar surface area (TPSA) is 35.5 Å². The molecule has 0 N–H and O–H groups in total. The van der Waals surface area contributed by atoms with E-state index in [4.69, 9.17) is 21.1 Å². The van der Waals surface area contributed by atoms with E-state index in [-0.39, 0.29) is 10.0 Å². The van der Waals surface area contributed by atoms with Crippen LogP contribution < -0.4 is 4.74 Å². The molecule has 2 rings (SSSR count). The Morgan fingerprint density at radius 2 is 1.45 bits per heavy atom. The molecule has 6 heteroatoms. The molecule has 0 spiro atoms. The van der Waals surface area contributed by atoms with Crippen molar-refractivity contribution >= 4 is 41.1 Å². The molecule has 1 atom stereocenters. The van der Waals surface area contributed by atoms with Crippen molar-refractivity contribution in [2.45, 2.75) is 44.3 Å². The van der Waals surface area contributed by atoms with Crippen LogP contribution in [0.5, 0.6) is 5.75 Å². The number of benzene rings is 2. The van der Waals surface area contributed by atoms with E-state index in [0.29, 0.717) is 18.8 Å². The van der Waals surface area contributed by atoms with Crippen molar-refractivity contribution in [2.24, 2.45) is 0 Å². The number of ether oxygens (including phenoxy) is 2. The van der Waals surface area contributed by atoms with Gasteiger partial charge in [-0.2, -0.15) is 0 Å². The summed E-state index contributed by atoms with van der Waals surface area (Å²) in [4.78, 5) is 12.0. The summed E-state index contributed by atoms with van der Waals surface area (Å²) in [5.74, 6) is 2.31. The fourth-order valence-corrected chi connectivity index (χ4v) is 6.26. The summed E-state index contributed by atoms with van der Waals surface area (Å²) in [6.07, 6.45) is -0.0241. The van der Waals surface area contributed by atoms with Crippen molar-refractivity contribution in [3.8, 4) is 5.75 Å². The van der Waals surface area contributed by atoms with Gasteiger partial charge >= 0.3 is 5.97 Å². The zero-order chi connectivity index (χ0) is 21.3. The normalized spacial score (nSPS) is 12.4. The van der Waals surface area contributed by atoms with Gasteiger partial charge in [-0.15, -0.1) is 23.5 Å². The highest BCUT2D eigenvalue weighted by atomic mass is 35.5. The number of halogens is 1. The molecular weight excluding hydrogens is 424 g/mol. The van der Waals surface area contributed by atoms with Gasteiger partial charge in [0, 0.05) is 5.02 Å². The average molecular weight is 453 g/mol. The number of carbonyl (C=O) groups is 1. The third kappa shape index (κ3) is 6.09. The molecule has 0 bridgehead atoms. The monoisotopic (exact) mass is 452 g/mol. The van der Waals surface area contributed by atoms with Crippen LogP contribution in [0.4, 0.5) is 0 Å². The number of hydrogen-bond acceptors (Lipinski definition) is 5. The van der Waals surface area contributed by atoms with Gasteiger partial charge in [-0.3, -0.25) is 0 Å². The SMILES string of the molecule is CCOC(=O)C(CC)Oc1ccc(C(SCC)(SCC)c2ccc(Cl)cc2)cc1. The molecule has 0 amide bonds. The van der Waals surface area contributed by atoms with E-state index in [1.54, 1.807) is 6.92 Å². The summed E-state index contributed by atoms with van der Waals surface area (Å²) in [6.45, 7) is 8.41. The van der Waals surface area contributed by atoms with Crippen molar-refractivity contribution in [1.82, 2.24) is 0 Å². The smallest absolute Gasteiger partial charge is 0.347 e. The number of hydrogen-bond donors (Lipinski definition) is 0. The lowest BCUT2D eigenvalue weighted by atomic mass is 10.0. The maximum Gasteiger partial charge on any atom is 0.347 e. The van der Waals surface area contributed by atoms with Gasteiger partial charge in [-0.05, 0) is 60.2 Å². The van der Waals surface area contributed by atoms with Gasteiger partial charge in [-0.1, -0.05) is 56.6 Å². The van der Waals surface area contributed by atoms with E-state index >= 15 is 0 Å². The first-order chi connectivity index (χ1) is 14.0. The molecule has 158 valence electrons. The van der Waals surface area contributed by atoms with Crippen LogP contribution in [0.3, 0.4) is 0 Å². The summed E-state index contributed by atoms with van der Waals surface area (Å²) in [6, 6.07) is 16.2. The van der Waals surface area contributed by atoms with Gasteiger partial charge in [-0.25, -0.2) is 4.79 Å². The minimum absolute atomic E-state index is 0.224. The number of rotatable bonds is 11. The van der Waals surface area contributed by atoms with Crippen LogP contribution in [0, 0.1) is 0 Å². The summed E-state index contributed by atoms with van der Waals surface area (Å²) in [7, 11) is 0. The molecule has 0 radical (unpaired) electrons. The lowest BCUT2D eigenvalue weighted by molar-refractivity contribution is -0.151. The van der Waals surface area contributed by atoms with E-state index in [1.165, 1.54) is 11.1 Å². The van der Waals surface area contributed by atoms with E-state index < -0.39 is 6.10 Å². The van der Waals surface area contributed by atoms with Crippen LogP contribution in [0.1, 0.15) is 45.2 Å². The summed E-state index contributed by atoms with van der Waals surface area (Å²) in [5.41, 5.74) is 2.40. The second-order valence-electron chi connectivity index (χ2n) is 6.28. The fourth-order valence-electron chi connectivity index (χ4n) is 3.07. The first kappa shape index (κ1) is 24.0. The molecule has 3 nitrogen and oxygen atoms in total. The maximum absolute atomic E-state index is 12.0. The number of thioether (sulfide) groups is 2. The molecule has 0 aliphatic heterocycles. The molecule has 2 aromatic rings. The quantitative estimate of drug-likeness (QED) is 0.277. The largest absolute Gasteiger partial charge is 0.479 e. The molecule has 29 heavy (non-hydrogen) atoms. The van der Waals surface area contributed by atoms with Crippen molar-refractivity contribution in [1.29, 1.82) is 0 Å². The second-order valence-corrected chi connectivity index (χ2v) is 9.93. The Labute approximate surface area is 187 Å². The predicted octanol–water partition coefficient (Wildman–Crippen LogP) is 6.77. The van der Waals surface area contributed by atoms with E-state index in [9.17, 15) is 4.79 Å². The highest BCUT2D eigenvalue weighted by Gasteiger charge is 2.34. The molecule has 0 heterocycles. The Morgan fingerprint density at radius 1 is 0.931 bits per heavy atom. The van der Waals surface area contributed by atoms with Gasteiger partial charge in [0.2, 0.25) is 0 Å². The first-order valence-electron chi connectivity index (χ1n) is 9.98. The van der Waals surface area contributed by atoms with Crippen molar-refractivity contribution in [3.05, 3.63) is 64.7 Å². The fraction of sp³-hybridized carbons (Fsp3) is 0.435. The predicted molar refractivity (Wildman–Crippen MR) is 126 cm³/mol. The van der Waals surface area contributed by atoms with Crippen molar-refractivity contribution in [2.75, 3.05) is 18.1 Å². The Hall–Kier alpha value is -1.30. The minimum atomic E-state index is -0.586. The van der Waals surface area contributed by atoms with Crippen LogP contribution >= 0.6 is 35.1 Å². The lowest BCUT2D eigenvalue weighted by Crippen LogP contribution is -2.28. The molecule has 0 aliphatic rings. The molecule has 0 saturated carbocycles. The third-order valence-corrected chi connectivity index (χ3v) is 7.64. The van der Waals surface area contributed by atoms with E-state index in [2.05, 4.69) is 38.1 Å². The van der Waals surface area contributed by atoms with E-state index in [1.807, 2.05) is 54.7 Å². The van der Waals surface area contributed by atoms with Gasteiger partial charge in [0.15, 0.2) is 6.10 Å². The highest BCUT2D eigenvalue weighted by Crippen LogP contribution is 2.52. The minimum Gasteiger partial charge on any atom is -0.479 e. The standard InChI is InChI=1S/C23H29ClO3S2/c1-5-21(22(25)26-6-2)27-20-15-11-18(12-16-20)23(28-7-3,29-8-4)17-9-13-19(24)14-10-17/h9-16,21H,5-8H2,1-4H3. The number of esters is 1. The second kappa shape index (κ2) is 11.8. The van der Waals surface area contributed by atoms with Crippen LogP contribution in [0.15, 0.2) is 48.5 Å². The van der Waals surface area contributed by atoms with Crippen LogP contribution in [0.25, 0.3) is 0 Å². The zero-order valence-electron chi connectivity index (χ0n) is 17.4. The maximum atomic E-state index is 12.0. The van der Waals surface area contributed by atoms with Crippen LogP contribution in [-0.2, 0) is 13.6 Å². The van der Waals surface area contributed by atoms with Crippen molar-refractivity contribution < 1.29 is 14.3 Å². The molecule has 0 aliphatic carbocycles. The Balaban J connectivity index is 2.35. The van der Waals surface area contributed by atoms with Crippen LogP contribution in [0.2, 0.25) is 5.02 Å². The first-order valence-corrected chi connectivity index (χ1v) is 12.3. The Bertz CT molecular complexity index is 757. The molecule has 2 aromatic carbocycles. The van der Waals surface area contributed by atoms with Crippen LogP contribution in [-0.4, -0.2) is 30.2 Å². The Morgan fingerprint density at radius 3 is 1.90 bits per heavy atom. The highest BCUT2D eigenvalue weighted by molar-refractivity contribution is 8.17. The van der Waals surface area contributed by atoms with Gasteiger partial charge in [0.25, 0.3) is 0 Å². The summed E-state index contributed by atoms with van der Waals surface area (Å²) in [5, 5.41) is 0.735. The number of carbonyl (C=O) groups excluding carboxylic acids is 1. The molecule has 0 aromatic heterocycles. The average Bonchev–Trinajstić information content (AvgIpc) is 2.73. The molecule has 1 unspecified atom stereocenters. The van der Waals surface area contributed by atoms with Gasteiger partial charge in [0.1, 0.15) is 9.83 Å².